The van der Waals surface area contributed by atoms with Gasteiger partial charge < -0.3 is 4.42 Å². The summed E-state index contributed by atoms with van der Waals surface area (Å²) in [6, 6.07) is 18.2. The Labute approximate surface area is 154 Å². The molecule has 0 fully saturated rings. The van der Waals surface area contributed by atoms with Crippen LogP contribution in [0.1, 0.15) is 11.5 Å². The number of benzene rings is 2. The van der Waals surface area contributed by atoms with Crippen LogP contribution in [0.4, 0.5) is 0 Å². The molecule has 2 aromatic carbocycles. The highest BCUT2D eigenvalue weighted by Crippen LogP contribution is 2.30. The third kappa shape index (κ3) is 3.81. The van der Waals surface area contributed by atoms with Gasteiger partial charge in [0.1, 0.15) is 0 Å². The van der Waals surface area contributed by atoms with Crippen LogP contribution in [0.3, 0.4) is 0 Å². The van der Waals surface area contributed by atoms with Crippen molar-refractivity contribution in [3.05, 3.63) is 71.4 Å². The number of rotatable bonds is 5. The summed E-state index contributed by atoms with van der Waals surface area (Å²) in [5.74, 6) is 1.78. The van der Waals surface area contributed by atoms with Gasteiger partial charge in [0.05, 0.1) is 11.4 Å². The molecule has 0 aliphatic carbocycles. The fourth-order valence-corrected chi connectivity index (χ4v) is 3.99. The second kappa shape index (κ2) is 7.21. The van der Waals surface area contributed by atoms with Crippen LogP contribution >= 0.6 is 23.1 Å². The van der Waals surface area contributed by atoms with Crippen molar-refractivity contribution in [1.29, 1.82) is 0 Å². The summed E-state index contributed by atoms with van der Waals surface area (Å²) in [6.45, 7) is 2.05. The molecule has 0 saturated carbocycles. The molecular formula is C19H15N3OS2. The van der Waals surface area contributed by atoms with Gasteiger partial charge in [0.15, 0.2) is 4.34 Å². The van der Waals surface area contributed by atoms with Crippen molar-refractivity contribution in [1.82, 2.24) is 15.2 Å². The highest BCUT2D eigenvalue weighted by Gasteiger charge is 2.11. The zero-order chi connectivity index (χ0) is 17.1. The molecule has 4 aromatic rings. The van der Waals surface area contributed by atoms with E-state index < -0.39 is 0 Å². The quantitative estimate of drug-likeness (QED) is 0.440. The second-order valence-corrected chi connectivity index (χ2v) is 7.60. The number of thiazole rings is 1. The van der Waals surface area contributed by atoms with Crippen LogP contribution < -0.4 is 0 Å². The second-order valence-electron chi connectivity index (χ2n) is 5.52. The van der Waals surface area contributed by atoms with Gasteiger partial charge in [-0.15, -0.1) is 21.5 Å². The minimum Gasteiger partial charge on any atom is -0.420 e. The average Bonchev–Trinajstić information content (AvgIpc) is 3.31. The number of hydrogen-bond acceptors (Lipinski definition) is 6. The van der Waals surface area contributed by atoms with Gasteiger partial charge in [0, 0.05) is 16.5 Å². The minimum absolute atomic E-state index is 0.555. The van der Waals surface area contributed by atoms with E-state index in [1.807, 2.05) is 42.5 Å². The van der Waals surface area contributed by atoms with Crippen LogP contribution in [-0.4, -0.2) is 15.2 Å². The summed E-state index contributed by atoms with van der Waals surface area (Å²) < 4.78 is 6.75. The Morgan fingerprint density at radius 1 is 0.960 bits per heavy atom. The molecule has 0 saturated heterocycles. The van der Waals surface area contributed by atoms with Gasteiger partial charge >= 0.3 is 0 Å². The first-order valence-electron chi connectivity index (χ1n) is 7.81. The van der Waals surface area contributed by atoms with Gasteiger partial charge in [-0.1, -0.05) is 59.8 Å². The molecule has 0 radical (unpaired) electrons. The highest BCUT2D eigenvalue weighted by molar-refractivity contribution is 8.00. The van der Waals surface area contributed by atoms with Crippen LogP contribution in [0.15, 0.2) is 68.7 Å². The molecule has 0 atom stereocenters. The highest BCUT2D eigenvalue weighted by atomic mass is 32.2. The molecule has 0 spiro atoms. The van der Waals surface area contributed by atoms with Crippen molar-refractivity contribution in [2.45, 2.75) is 17.0 Å². The predicted octanol–water partition coefficient (Wildman–Crippen LogP) is 5.46. The molecule has 124 valence electrons. The lowest BCUT2D eigenvalue weighted by atomic mass is 10.1. The largest absolute Gasteiger partial charge is 0.420 e. The normalized spacial score (nSPS) is 10.9. The first kappa shape index (κ1) is 16.1. The fraction of sp³-hybridized carbons (Fsp3) is 0.105. The molecule has 4 nitrogen and oxygen atoms in total. The maximum absolute atomic E-state index is 5.76. The lowest BCUT2D eigenvalue weighted by molar-refractivity contribution is 0.528. The van der Waals surface area contributed by atoms with Gasteiger partial charge in [0.2, 0.25) is 11.8 Å². The molecule has 0 bridgehead atoms. The van der Waals surface area contributed by atoms with Crippen LogP contribution in [-0.2, 0) is 5.75 Å². The Hall–Kier alpha value is -2.44. The Kier molecular flexibility index (Phi) is 4.63. The summed E-state index contributed by atoms with van der Waals surface area (Å²) in [4.78, 5) is 4.66. The van der Waals surface area contributed by atoms with Gasteiger partial charge in [-0.25, -0.2) is 4.98 Å². The molecule has 0 unspecified atom stereocenters. The SMILES string of the molecule is Cc1ccc(-c2nnc(CSc3nc(-c4ccccc4)cs3)o2)cc1. The molecule has 25 heavy (non-hydrogen) atoms. The fourth-order valence-electron chi connectivity index (χ4n) is 2.31. The monoisotopic (exact) mass is 365 g/mol. The molecule has 0 aliphatic rings. The number of aromatic nitrogens is 3. The van der Waals surface area contributed by atoms with E-state index in [1.54, 1.807) is 23.1 Å². The number of thioether (sulfide) groups is 1. The molecule has 4 rings (SSSR count). The standard InChI is InChI=1S/C19H15N3OS2/c1-13-7-9-15(10-8-13)18-22-21-17(23-18)12-25-19-20-16(11-24-19)14-5-3-2-4-6-14/h2-11H,12H2,1H3. The van der Waals surface area contributed by atoms with E-state index in [1.165, 1.54) is 5.56 Å². The first-order valence-corrected chi connectivity index (χ1v) is 9.67. The van der Waals surface area contributed by atoms with Crippen molar-refractivity contribution < 1.29 is 4.42 Å². The smallest absolute Gasteiger partial charge is 0.247 e. The average molecular weight is 365 g/mol. The maximum Gasteiger partial charge on any atom is 0.247 e. The van der Waals surface area contributed by atoms with Crippen LogP contribution in [0.5, 0.6) is 0 Å². The van der Waals surface area contributed by atoms with Gasteiger partial charge in [0.25, 0.3) is 0 Å². The lowest BCUT2D eigenvalue weighted by Gasteiger charge is -1.96. The van der Waals surface area contributed by atoms with E-state index >= 15 is 0 Å². The topological polar surface area (TPSA) is 51.8 Å². The minimum atomic E-state index is 0.555. The van der Waals surface area contributed by atoms with Crippen molar-refractivity contribution in [3.63, 3.8) is 0 Å². The Bertz CT molecular complexity index is 962. The maximum atomic E-state index is 5.76. The zero-order valence-corrected chi connectivity index (χ0v) is 15.2. The van der Waals surface area contributed by atoms with Crippen LogP contribution in [0.2, 0.25) is 0 Å². The number of hydrogen-bond donors (Lipinski definition) is 0. The molecule has 0 N–H and O–H groups in total. The Morgan fingerprint density at radius 2 is 1.76 bits per heavy atom. The number of nitrogens with zero attached hydrogens (tertiary/aromatic N) is 3. The van der Waals surface area contributed by atoms with E-state index in [0.717, 1.165) is 21.2 Å². The molecule has 0 aliphatic heterocycles. The number of aryl methyl sites for hydroxylation is 1. The lowest BCUT2D eigenvalue weighted by Crippen LogP contribution is -1.81. The Balaban J connectivity index is 1.42. The summed E-state index contributed by atoms with van der Waals surface area (Å²) in [6.07, 6.45) is 0. The van der Waals surface area contributed by atoms with E-state index in [2.05, 4.69) is 39.6 Å². The molecule has 2 aromatic heterocycles. The van der Waals surface area contributed by atoms with E-state index in [0.29, 0.717) is 17.5 Å². The van der Waals surface area contributed by atoms with Gasteiger partial charge in [-0.2, -0.15) is 0 Å². The Morgan fingerprint density at radius 3 is 2.56 bits per heavy atom. The van der Waals surface area contributed by atoms with E-state index in [4.69, 9.17) is 4.42 Å². The van der Waals surface area contributed by atoms with Crippen molar-refractivity contribution in [2.75, 3.05) is 0 Å². The van der Waals surface area contributed by atoms with Gasteiger partial charge in [-0.05, 0) is 19.1 Å². The van der Waals surface area contributed by atoms with Crippen molar-refractivity contribution in [2.24, 2.45) is 0 Å². The first-order chi connectivity index (χ1) is 12.3. The van der Waals surface area contributed by atoms with E-state index in [-0.39, 0.29) is 0 Å². The molecule has 0 amide bonds. The third-order valence-electron chi connectivity index (χ3n) is 3.64. The van der Waals surface area contributed by atoms with Gasteiger partial charge in [-0.3, -0.25) is 0 Å². The van der Waals surface area contributed by atoms with Crippen LogP contribution in [0, 0.1) is 6.92 Å². The molecule has 2 heterocycles. The zero-order valence-electron chi connectivity index (χ0n) is 13.5. The molecule has 6 heteroatoms. The summed E-state index contributed by atoms with van der Waals surface area (Å²) in [7, 11) is 0. The van der Waals surface area contributed by atoms with Crippen LogP contribution in [0.25, 0.3) is 22.7 Å². The summed E-state index contributed by atoms with van der Waals surface area (Å²) in [5, 5.41) is 10.3. The third-order valence-corrected chi connectivity index (χ3v) is 5.64. The molecular weight excluding hydrogens is 350 g/mol. The summed E-state index contributed by atoms with van der Waals surface area (Å²) in [5.41, 5.74) is 4.27. The van der Waals surface area contributed by atoms with Crippen molar-refractivity contribution in [3.8, 4) is 22.7 Å². The van der Waals surface area contributed by atoms with Crippen molar-refractivity contribution >= 4 is 23.1 Å². The summed E-state index contributed by atoms with van der Waals surface area (Å²) >= 11 is 3.24. The van der Waals surface area contributed by atoms with E-state index in [9.17, 15) is 0 Å². The predicted molar refractivity (Wildman–Crippen MR) is 102 cm³/mol.